The van der Waals surface area contributed by atoms with E-state index in [-0.39, 0.29) is 9.92 Å². The second kappa shape index (κ2) is 5.88. The highest BCUT2D eigenvalue weighted by molar-refractivity contribution is 7.89. The van der Waals surface area contributed by atoms with Crippen LogP contribution in [0.3, 0.4) is 0 Å². The highest BCUT2D eigenvalue weighted by Gasteiger charge is 2.13. The molecule has 0 fully saturated rings. The molecule has 0 heterocycles. The van der Waals surface area contributed by atoms with Crippen molar-refractivity contribution in [3.63, 3.8) is 0 Å². The smallest absolute Gasteiger partial charge is 0.240 e. The second-order valence-electron chi connectivity index (χ2n) is 4.21. The molecule has 0 bridgehead atoms. The molecule has 0 spiro atoms. The molecule has 0 radical (unpaired) electrons. The van der Waals surface area contributed by atoms with Gasteiger partial charge in [-0.25, -0.2) is 17.5 Å². The first-order chi connectivity index (χ1) is 9.83. The van der Waals surface area contributed by atoms with Gasteiger partial charge in [0.05, 0.1) is 21.3 Å². The van der Waals surface area contributed by atoms with Gasteiger partial charge >= 0.3 is 0 Å². The fourth-order valence-electron chi connectivity index (χ4n) is 1.66. The molecule has 0 atom stereocenters. The number of nitrogens with two attached hydrogens (primary N) is 1. The van der Waals surface area contributed by atoms with E-state index >= 15 is 0 Å². The number of sulfonamides is 1. The Morgan fingerprint density at radius 2 is 1.90 bits per heavy atom. The van der Waals surface area contributed by atoms with Crippen LogP contribution < -0.4 is 15.8 Å². The van der Waals surface area contributed by atoms with E-state index in [1.165, 1.54) is 37.4 Å². The van der Waals surface area contributed by atoms with E-state index in [1.54, 1.807) is 6.07 Å². The molecule has 0 saturated heterocycles. The number of halogens is 2. The maximum atomic E-state index is 13.4. The van der Waals surface area contributed by atoms with E-state index in [1.807, 2.05) is 0 Å². The van der Waals surface area contributed by atoms with Crippen LogP contribution in [0.4, 0.5) is 21.5 Å². The minimum absolute atomic E-state index is 0.0000309. The third-order valence-electron chi connectivity index (χ3n) is 2.80. The van der Waals surface area contributed by atoms with Crippen molar-refractivity contribution in [2.45, 2.75) is 4.90 Å². The first kappa shape index (κ1) is 15.6. The highest BCUT2D eigenvalue weighted by Crippen LogP contribution is 2.27. The Bertz CT molecular complexity index is 781. The van der Waals surface area contributed by atoms with Gasteiger partial charge in [0.25, 0.3) is 0 Å². The van der Waals surface area contributed by atoms with Gasteiger partial charge in [-0.1, -0.05) is 11.6 Å². The Labute approximate surface area is 127 Å². The van der Waals surface area contributed by atoms with E-state index in [0.717, 1.165) is 0 Å². The number of hydrogen-bond donors (Lipinski definition) is 3. The Morgan fingerprint density at radius 3 is 2.52 bits per heavy atom. The van der Waals surface area contributed by atoms with Gasteiger partial charge in [0.15, 0.2) is 0 Å². The first-order valence-corrected chi connectivity index (χ1v) is 7.75. The summed E-state index contributed by atoms with van der Waals surface area (Å²) in [5.41, 5.74) is 6.89. The van der Waals surface area contributed by atoms with Gasteiger partial charge in [-0.05, 0) is 43.4 Å². The lowest BCUT2D eigenvalue weighted by atomic mass is 10.2. The van der Waals surface area contributed by atoms with E-state index in [4.69, 9.17) is 17.3 Å². The topological polar surface area (TPSA) is 84.2 Å². The predicted molar refractivity (Wildman–Crippen MR) is 81.8 cm³/mol. The zero-order valence-electron chi connectivity index (χ0n) is 11.0. The van der Waals surface area contributed by atoms with E-state index in [9.17, 15) is 12.8 Å². The van der Waals surface area contributed by atoms with Crippen LogP contribution in [0.25, 0.3) is 0 Å². The molecule has 4 N–H and O–H groups in total. The quantitative estimate of drug-likeness (QED) is 0.753. The van der Waals surface area contributed by atoms with Crippen LogP contribution in [-0.4, -0.2) is 15.5 Å². The number of benzene rings is 2. The highest BCUT2D eigenvalue weighted by atomic mass is 35.5. The molecule has 0 aromatic heterocycles. The van der Waals surface area contributed by atoms with Gasteiger partial charge in [-0.2, -0.15) is 0 Å². The van der Waals surface area contributed by atoms with Crippen LogP contribution >= 0.6 is 11.6 Å². The lowest BCUT2D eigenvalue weighted by molar-refractivity contribution is 0.588. The standard InChI is InChI=1S/C13H13ClFN3O2S/c1-17-21(19,20)9-3-5-12(16)13(7-9)18-8-2-4-10(14)11(15)6-8/h2-7,17-18H,16H2,1H3. The largest absolute Gasteiger partial charge is 0.397 e. The van der Waals surface area contributed by atoms with Crippen molar-refractivity contribution in [1.29, 1.82) is 0 Å². The maximum Gasteiger partial charge on any atom is 0.240 e. The van der Waals surface area contributed by atoms with Crippen molar-refractivity contribution in [2.24, 2.45) is 0 Å². The van der Waals surface area contributed by atoms with Crippen molar-refractivity contribution in [3.8, 4) is 0 Å². The maximum absolute atomic E-state index is 13.4. The summed E-state index contributed by atoms with van der Waals surface area (Å²) in [4.78, 5) is 0.0520. The Morgan fingerprint density at radius 1 is 1.19 bits per heavy atom. The van der Waals surface area contributed by atoms with Gasteiger partial charge in [0.1, 0.15) is 5.82 Å². The van der Waals surface area contributed by atoms with Gasteiger partial charge in [0, 0.05) is 5.69 Å². The number of anilines is 3. The lowest BCUT2D eigenvalue weighted by Gasteiger charge is -2.12. The van der Waals surface area contributed by atoms with Crippen molar-refractivity contribution in [1.82, 2.24) is 4.72 Å². The zero-order valence-corrected chi connectivity index (χ0v) is 12.6. The fraction of sp³-hybridized carbons (Fsp3) is 0.0769. The molecule has 0 saturated carbocycles. The van der Waals surface area contributed by atoms with Crippen molar-refractivity contribution in [2.75, 3.05) is 18.1 Å². The Kier molecular flexibility index (Phi) is 4.36. The summed E-state index contributed by atoms with van der Waals surface area (Å²) in [5, 5.41) is 2.86. The second-order valence-corrected chi connectivity index (χ2v) is 6.50. The van der Waals surface area contributed by atoms with Crippen LogP contribution in [-0.2, 0) is 10.0 Å². The summed E-state index contributed by atoms with van der Waals surface area (Å²) in [6, 6.07) is 8.36. The minimum Gasteiger partial charge on any atom is -0.397 e. The molecule has 0 aliphatic heterocycles. The summed E-state index contributed by atoms with van der Waals surface area (Å²) in [6.45, 7) is 0. The summed E-state index contributed by atoms with van der Waals surface area (Å²) in [5.74, 6) is -0.584. The van der Waals surface area contributed by atoms with Gasteiger partial charge in [-0.15, -0.1) is 0 Å². The van der Waals surface area contributed by atoms with Gasteiger partial charge < -0.3 is 11.1 Å². The van der Waals surface area contributed by atoms with Crippen LogP contribution in [0.15, 0.2) is 41.3 Å². The molecule has 0 amide bonds. The summed E-state index contributed by atoms with van der Waals surface area (Å²) >= 11 is 5.60. The number of nitrogens with one attached hydrogen (secondary N) is 2. The van der Waals surface area contributed by atoms with Crippen LogP contribution in [0.1, 0.15) is 0 Å². The number of nitrogen functional groups attached to an aromatic ring is 1. The minimum atomic E-state index is -3.59. The third-order valence-corrected chi connectivity index (χ3v) is 4.52. The first-order valence-electron chi connectivity index (χ1n) is 5.88. The molecule has 112 valence electrons. The number of rotatable bonds is 4. The molecule has 2 aromatic rings. The number of hydrogen-bond acceptors (Lipinski definition) is 4. The fourth-order valence-corrected chi connectivity index (χ4v) is 2.53. The molecule has 0 aliphatic rings. The van der Waals surface area contributed by atoms with Crippen LogP contribution in [0.2, 0.25) is 5.02 Å². The van der Waals surface area contributed by atoms with Crippen LogP contribution in [0, 0.1) is 5.82 Å². The SMILES string of the molecule is CNS(=O)(=O)c1ccc(N)c(Nc2ccc(Cl)c(F)c2)c1. The van der Waals surface area contributed by atoms with E-state index < -0.39 is 15.8 Å². The normalized spacial score (nSPS) is 11.4. The third kappa shape index (κ3) is 3.44. The molecule has 0 unspecified atom stereocenters. The van der Waals surface area contributed by atoms with E-state index in [2.05, 4.69) is 10.0 Å². The van der Waals surface area contributed by atoms with Crippen molar-refractivity contribution >= 4 is 38.7 Å². The zero-order chi connectivity index (χ0) is 15.6. The molecule has 0 aliphatic carbocycles. The molecule has 8 heteroatoms. The van der Waals surface area contributed by atoms with E-state index in [0.29, 0.717) is 17.1 Å². The molecule has 2 rings (SSSR count). The van der Waals surface area contributed by atoms with Gasteiger partial charge in [-0.3, -0.25) is 0 Å². The summed E-state index contributed by atoms with van der Waals surface area (Å²) in [7, 11) is -2.27. The average Bonchev–Trinajstić information content (AvgIpc) is 2.45. The van der Waals surface area contributed by atoms with Crippen LogP contribution in [0.5, 0.6) is 0 Å². The predicted octanol–water partition coefficient (Wildman–Crippen LogP) is 2.71. The van der Waals surface area contributed by atoms with Crippen molar-refractivity contribution in [3.05, 3.63) is 47.2 Å². The summed E-state index contributed by atoms with van der Waals surface area (Å²) in [6.07, 6.45) is 0. The summed E-state index contributed by atoms with van der Waals surface area (Å²) < 4.78 is 39.1. The molecule has 2 aromatic carbocycles. The average molecular weight is 330 g/mol. The van der Waals surface area contributed by atoms with Gasteiger partial charge in [0.2, 0.25) is 10.0 Å². The molecule has 21 heavy (non-hydrogen) atoms. The Balaban J connectivity index is 2.39. The lowest BCUT2D eigenvalue weighted by Crippen LogP contribution is -2.18. The molecule has 5 nitrogen and oxygen atoms in total. The van der Waals surface area contributed by atoms with Crippen molar-refractivity contribution < 1.29 is 12.8 Å². The molecular weight excluding hydrogens is 317 g/mol. The molecular formula is C13H13ClFN3O2S. The monoisotopic (exact) mass is 329 g/mol. The Hall–Kier alpha value is -1.83.